The van der Waals surface area contributed by atoms with E-state index in [0.29, 0.717) is 6.54 Å². The maximum Gasteiger partial charge on any atom is 0.266 e. The molecule has 0 radical (unpaired) electrons. The van der Waals surface area contributed by atoms with Gasteiger partial charge in [-0.15, -0.1) is 0 Å². The summed E-state index contributed by atoms with van der Waals surface area (Å²) in [5.41, 5.74) is 3.22. The number of nitrogens with zero attached hydrogens (tertiary/aromatic N) is 2. The van der Waals surface area contributed by atoms with E-state index in [-0.39, 0.29) is 18.3 Å². The molecule has 0 saturated heterocycles. The van der Waals surface area contributed by atoms with Gasteiger partial charge in [0.15, 0.2) is 12.2 Å². The van der Waals surface area contributed by atoms with Gasteiger partial charge >= 0.3 is 0 Å². The lowest BCUT2D eigenvalue weighted by Gasteiger charge is -2.03. The molecule has 1 N–H and O–H groups in total. The number of hydrogen-bond acceptors (Lipinski definition) is 1. The van der Waals surface area contributed by atoms with Crippen LogP contribution in [0.4, 0.5) is 5.69 Å². The Labute approximate surface area is 153 Å². The first-order valence-electron chi connectivity index (χ1n) is 8.33. The Kier molecular flexibility index (Phi) is 5.19. The normalized spacial score (nSPS) is 12.3. The van der Waals surface area contributed by atoms with Crippen molar-refractivity contribution >= 4 is 11.6 Å². The molecule has 0 aliphatic carbocycles. The van der Waals surface area contributed by atoms with Crippen LogP contribution in [-0.2, 0) is 24.3 Å². The van der Waals surface area contributed by atoms with Crippen LogP contribution in [0.15, 0.2) is 66.9 Å². The van der Waals surface area contributed by atoms with Crippen molar-refractivity contribution in [2.24, 2.45) is 0 Å². The van der Waals surface area contributed by atoms with Crippen molar-refractivity contribution in [3.05, 3.63) is 72.7 Å². The quantitative estimate of drug-likeness (QED) is 0.660. The van der Waals surface area contributed by atoms with Crippen LogP contribution in [0.3, 0.4) is 0 Å². The molecular weight excluding hydrogens is 334 g/mol. The minimum absolute atomic E-state index is 0. The minimum Gasteiger partial charge on any atom is -1.00 e. The molecule has 0 saturated carbocycles. The van der Waals surface area contributed by atoms with E-state index in [1.54, 1.807) is 0 Å². The van der Waals surface area contributed by atoms with E-state index in [2.05, 4.69) is 44.9 Å². The number of fused-ring (bicyclic) bond motifs is 1. The largest absolute Gasteiger partial charge is 1.00 e. The average molecular weight is 354 g/mol. The Balaban J connectivity index is 0.00000182. The van der Waals surface area contributed by atoms with Crippen molar-refractivity contribution in [2.45, 2.75) is 25.9 Å². The third kappa shape index (κ3) is 3.59. The highest BCUT2D eigenvalue weighted by molar-refractivity contribution is 5.89. The number of amides is 1. The summed E-state index contributed by atoms with van der Waals surface area (Å²) >= 11 is 0. The van der Waals surface area contributed by atoms with Crippen LogP contribution in [0.1, 0.15) is 12.2 Å². The number of carbonyl (C=O) groups excluding carboxylic acids is 1. The van der Waals surface area contributed by atoms with Crippen molar-refractivity contribution in [1.29, 1.82) is 0 Å². The number of halogens is 1. The van der Waals surface area contributed by atoms with Crippen LogP contribution in [0.25, 0.3) is 11.3 Å². The monoisotopic (exact) mass is 353 g/mol. The molecule has 2 aromatic carbocycles. The Hall–Kier alpha value is -2.59. The SMILES string of the molecule is O=C(C[n+]1cc(-c2ccccc2)n2c1CCC2)Nc1ccccc1.[Cl-]. The van der Waals surface area contributed by atoms with E-state index < -0.39 is 0 Å². The molecule has 3 aromatic rings. The first-order chi connectivity index (χ1) is 11.8. The Morgan fingerprint density at radius 2 is 1.72 bits per heavy atom. The number of anilines is 1. The fraction of sp³-hybridized carbons (Fsp3) is 0.200. The van der Waals surface area contributed by atoms with Crippen LogP contribution < -0.4 is 22.3 Å². The Bertz CT molecular complexity index is 859. The predicted octanol–water partition coefficient (Wildman–Crippen LogP) is 0.0315. The number of nitrogens with one attached hydrogen (secondary N) is 1. The minimum atomic E-state index is 0. The predicted molar refractivity (Wildman–Crippen MR) is 93.5 cm³/mol. The molecule has 4 rings (SSSR count). The van der Waals surface area contributed by atoms with Crippen molar-refractivity contribution in [1.82, 2.24) is 4.57 Å². The first kappa shape index (κ1) is 17.2. The van der Waals surface area contributed by atoms with Crippen molar-refractivity contribution in [2.75, 3.05) is 5.32 Å². The lowest BCUT2D eigenvalue weighted by Crippen LogP contribution is -3.00. The molecule has 4 nitrogen and oxygen atoms in total. The van der Waals surface area contributed by atoms with Crippen LogP contribution in [0.2, 0.25) is 0 Å². The summed E-state index contributed by atoms with van der Waals surface area (Å²) in [4.78, 5) is 12.4. The fourth-order valence-electron chi connectivity index (χ4n) is 3.36. The van der Waals surface area contributed by atoms with Gasteiger partial charge in [0.05, 0.1) is 13.0 Å². The van der Waals surface area contributed by atoms with Gasteiger partial charge in [-0.3, -0.25) is 4.79 Å². The number of para-hydroxylation sites is 1. The standard InChI is InChI=1S/C20H19N3O.ClH/c24-19(21-17-10-5-2-6-11-17)15-22-14-18(16-8-3-1-4-9-16)23-13-7-12-20(22)23;/h1-6,8-11,14H,7,12-13,15H2;1H. The fourth-order valence-corrected chi connectivity index (χ4v) is 3.36. The van der Waals surface area contributed by atoms with E-state index in [4.69, 9.17) is 0 Å². The zero-order valence-corrected chi connectivity index (χ0v) is 14.6. The summed E-state index contributed by atoms with van der Waals surface area (Å²) in [7, 11) is 0. The molecule has 128 valence electrons. The molecule has 0 fully saturated rings. The third-order valence-electron chi connectivity index (χ3n) is 4.44. The van der Waals surface area contributed by atoms with E-state index in [1.165, 1.54) is 17.1 Å². The summed E-state index contributed by atoms with van der Waals surface area (Å²) in [5.74, 6) is 1.24. The first-order valence-corrected chi connectivity index (χ1v) is 8.33. The number of imidazole rings is 1. The lowest BCUT2D eigenvalue weighted by molar-refractivity contribution is -0.690. The van der Waals surface area contributed by atoms with Crippen LogP contribution in [-0.4, -0.2) is 10.5 Å². The smallest absolute Gasteiger partial charge is 0.266 e. The van der Waals surface area contributed by atoms with Gasteiger partial charge < -0.3 is 17.7 Å². The van der Waals surface area contributed by atoms with E-state index in [9.17, 15) is 4.79 Å². The van der Waals surface area contributed by atoms with Gasteiger partial charge in [0.25, 0.3) is 11.7 Å². The van der Waals surface area contributed by atoms with Crippen molar-refractivity contribution < 1.29 is 21.8 Å². The van der Waals surface area contributed by atoms with Crippen LogP contribution in [0.5, 0.6) is 0 Å². The van der Waals surface area contributed by atoms with E-state index in [1.807, 2.05) is 36.4 Å². The van der Waals surface area contributed by atoms with Crippen molar-refractivity contribution in [3.8, 4) is 11.3 Å². The number of benzene rings is 2. The molecule has 0 unspecified atom stereocenters. The zero-order valence-electron chi connectivity index (χ0n) is 13.9. The summed E-state index contributed by atoms with van der Waals surface area (Å²) in [6, 6.07) is 20.0. The highest BCUT2D eigenvalue weighted by Gasteiger charge is 2.29. The molecule has 0 bridgehead atoms. The maximum atomic E-state index is 12.4. The lowest BCUT2D eigenvalue weighted by atomic mass is 10.2. The van der Waals surface area contributed by atoms with E-state index in [0.717, 1.165) is 25.1 Å². The molecule has 1 aromatic heterocycles. The van der Waals surface area contributed by atoms with Gasteiger partial charge in [0, 0.05) is 11.3 Å². The summed E-state index contributed by atoms with van der Waals surface area (Å²) in [6.07, 6.45) is 4.26. The number of rotatable bonds is 4. The van der Waals surface area contributed by atoms with Gasteiger partial charge in [-0.1, -0.05) is 48.5 Å². The van der Waals surface area contributed by atoms with Gasteiger partial charge in [-0.05, 0) is 18.6 Å². The van der Waals surface area contributed by atoms with Crippen LogP contribution in [0, 0.1) is 0 Å². The molecule has 0 atom stereocenters. The molecule has 1 aliphatic rings. The molecular formula is C20H20ClN3O. The summed E-state index contributed by atoms with van der Waals surface area (Å²) < 4.78 is 4.43. The van der Waals surface area contributed by atoms with Crippen LogP contribution >= 0.6 is 0 Å². The maximum absolute atomic E-state index is 12.4. The second-order valence-corrected chi connectivity index (χ2v) is 6.09. The van der Waals surface area contributed by atoms with E-state index >= 15 is 0 Å². The number of aromatic nitrogens is 2. The van der Waals surface area contributed by atoms with Crippen molar-refractivity contribution in [3.63, 3.8) is 0 Å². The molecule has 1 aliphatic heterocycles. The number of hydrogen-bond donors (Lipinski definition) is 1. The summed E-state index contributed by atoms with van der Waals surface area (Å²) in [5, 5.41) is 2.96. The molecule has 25 heavy (non-hydrogen) atoms. The highest BCUT2D eigenvalue weighted by Crippen LogP contribution is 2.24. The van der Waals surface area contributed by atoms with Gasteiger partial charge in [0.2, 0.25) is 0 Å². The van der Waals surface area contributed by atoms with Gasteiger partial charge in [0.1, 0.15) is 6.20 Å². The molecule has 2 heterocycles. The second kappa shape index (κ2) is 7.53. The zero-order chi connectivity index (χ0) is 16.4. The highest BCUT2D eigenvalue weighted by atomic mass is 35.5. The Morgan fingerprint density at radius 1 is 1.04 bits per heavy atom. The van der Waals surface area contributed by atoms with Gasteiger partial charge in [-0.25, -0.2) is 9.13 Å². The molecule has 5 heteroatoms. The van der Waals surface area contributed by atoms with Gasteiger partial charge in [-0.2, -0.15) is 0 Å². The Morgan fingerprint density at radius 3 is 2.44 bits per heavy atom. The summed E-state index contributed by atoms with van der Waals surface area (Å²) in [6.45, 7) is 1.37. The average Bonchev–Trinajstić information content (AvgIpc) is 3.20. The topological polar surface area (TPSA) is 37.9 Å². The molecule has 1 amide bonds. The number of carbonyl (C=O) groups is 1. The second-order valence-electron chi connectivity index (χ2n) is 6.09. The molecule has 0 spiro atoms. The third-order valence-corrected chi connectivity index (χ3v) is 4.44.